The first-order chi connectivity index (χ1) is 13.5. The van der Waals surface area contributed by atoms with Gasteiger partial charge in [-0.3, -0.25) is 9.59 Å². The summed E-state index contributed by atoms with van der Waals surface area (Å²) in [7, 11) is 3.29. The molecule has 2 aromatic heterocycles. The molecule has 0 aliphatic rings. The molecule has 0 aliphatic heterocycles. The van der Waals surface area contributed by atoms with E-state index in [0.717, 1.165) is 5.16 Å². The first-order valence-corrected chi connectivity index (χ1v) is 9.37. The molecule has 0 aliphatic carbocycles. The SMILES string of the molecule is COc1cn(CC(=O)Nc2ccc(F)cc2)c(CSc2nccn2C)cc1=O. The molecular formula is C19H19FN4O3S. The highest BCUT2D eigenvalue weighted by Crippen LogP contribution is 2.21. The van der Waals surface area contributed by atoms with Gasteiger partial charge in [0, 0.05) is 42.6 Å². The summed E-state index contributed by atoms with van der Waals surface area (Å²) in [6, 6.07) is 6.97. The minimum atomic E-state index is -0.378. The third-order valence-electron chi connectivity index (χ3n) is 3.97. The van der Waals surface area contributed by atoms with Crippen molar-refractivity contribution in [2.24, 2.45) is 7.05 Å². The number of aryl methyl sites for hydroxylation is 1. The van der Waals surface area contributed by atoms with Gasteiger partial charge in [-0.25, -0.2) is 9.37 Å². The van der Waals surface area contributed by atoms with Gasteiger partial charge >= 0.3 is 0 Å². The van der Waals surface area contributed by atoms with E-state index in [1.165, 1.54) is 55.4 Å². The Bertz CT molecular complexity index is 1030. The second kappa shape index (κ2) is 8.75. The molecule has 7 nitrogen and oxygen atoms in total. The van der Waals surface area contributed by atoms with Crippen LogP contribution in [0, 0.1) is 5.82 Å². The fourth-order valence-corrected chi connectivity index (χ4v) is 3.46. The molecule has 0 radical (unpaired) electrons. The molecule has 3 rings (SSSR count). The van der Waals surface area contributed by atoms with Gasteiger partial charge in [-0.2, -0.15) is 0 Å². The molecule has 146 valence electrons. The van der Waals surface area contributed by atoms with Crippen molar-refractivity contribution >= 4 is 23.4 Å². The highest BCUT2D eigenvalue weighted by atomic mass is 32.2. The number of nitrogens with one attached hydrogen (secondary N) is 1. The van der Waals surface area contributed by atoms with Crippen LogP contribution in [0.2, 0.25) is 0 Å². The van der Waals surface area contributed by atoms with Gasteiger partial charge < -0.3 is 19.2 Å². The molecule has 9 heteroatoms. The van der Waals surface area contributed by atoms with Crippen LogP contribution in [0.3, 0.4) is 0 Å². The molecular weight excluding hydrogens is 383 g/mol. The fourth-order valence-electron chi connectivity index (χ4n) is 2.54. The number of nitrogens with zero attached hydrogens (tertiary/aromatic N) is 3. The molecule has 0 fully saturated rings. The number of hydrogen-bond donors (Lipinski definition) is 1. The number of imidazole rings is 1. The Hall–Kier alpha value is -3.07. The van der Waals surface area contributed by atoms with E-state index in [1.54, 1.807) is 10.8 Å². The zero-order valence-corrected chi connectivity index (χ0v) is 16.2. The van der Waals surface area contributed by atoms with Crippen LogP contribution in [0.4, 0.5) is 10.1 Å². The van der Waals surface area contributed by atoms with E-state index in [9.17, 15) is 14.0 Å². The molecule has 0 unspecified atom stereocenters. The van der Waals surface area contributed by atoms with E-state index in [2.05, 4.69) is 10.3 Å². The largest absolute Gasteiger partial charge is 0.491 e. The number of hydrogen-bond acceptors (Lipinski definition) is 5. The van der Waals surface area contributed by atoms with Crippen molar-refractivity contribution in [3.05, 3.63) is 70.7 Å². The van der Waals surface area contributed by atoms with Gasteiger partial charge in [-0.15, -0.1) is 0 Å². The molecule has 0 saturated heterocycles. The maximum Gasteiger partial charge on any atom is 0.244 e. The Labute approximate surface area is 165 Å². The number of methoxy groups -OCH3 is 1. The van der Waals surface area contributed by atoms with Gasteiger partial charge in [0.2, 0.25) is 11.3 Å². The van der Waals surface area contributed by atoms with Gasteiger partial charge in [0.1, 0.15) is 12.4 Å². The predicted molar refractivity (Wildman–Crippen MR) is 105 cm³/mol. The van der Waals surface area contributed by atoms with Crippen LogP contribution in [-0.4, -0.2) is 27.1 Å². The average Bonchev–Trinajstić information content (AvgIpc) is 3.08. The first-order valence-electron chi connectivity index (χ1n) is 8.39. The molecule has 0 bridgehead atoms. The molecule has 1 aromatic carbocycles. The lowest BCUT2D eigenvalue weighted by molar-refractivity contribution is -0.116. The predicted octanol–water partition coefficient (Wildman–Crippen LogP) is 2.66. The van der Waals surface area contributed by atoms with Crippen molar-refractivity contribution in [1.29, 1.82) is 0 Å². The van der Waals surface area contributed by atoms with Crippen molar-refractivity contribution < 1.29 is 13.9 Å². The number of pyridine rings is 1. The summed E-state index contributed by atoms with van der Waals surface area (Å²) in [5.74, 6) is -0.0777. The summed E-state index contributed by atoms with van der Waals surface area (Å²) in [5.41, 5.74) is 0.893. The van der Waals surface area contributed by atoms with Gasteiger partial charge in [0.05, 0.1) is 13.3 Å². The van der Waals surface area contributed by atoms with Crippen molar-refractivity contribution in [3.63, 3.8) is 0 Å². The number of carbonyl (C=O) groups excluding carboxylic acids is 1. The van der Waals surface area contributed by atoms with Gasteiger partial charge in [-0.1, -0.05) is 11.8 Å². The highest BCUT2D eigenvalue weighted by molar-refractivity contribution is 7.98. The zero-order chi connectivity index (χ0) is 20.1. The number of carbonyl (C=O) groups is 1. The number of ether oxygens (including phenoxy) is 1. The zero-order valence-electron chi connectivity index (χ0n) is 15.4. The van der Waals surface area contributed by atoms with Crippen LogP contribution in [0.5, 0.6) is 5.75 Å². The average molecular weight is 402 g/mol. The van der Waals surface area contributed by atoms with Crippen LogP contribution in [0.15, 0.2) is 58.9 Å². The first kappa shape index (κ1) is 19.7. The monoisotopic (exact) mass is 402 g/mol. The van der Waals surface area contributed by atoms with Crippen molar-refractivity contribution in [2.75, 3.05) is 12.4 Å². The highest BCUT2D eigenvalue weighted by Gasteiger charge is 2.12. The van der Waals surface area contributed by atoms with Gasteiger partial charge in [0.15, 0.2) is 10.9 Å². The lowest BCUT2D eigenvalue weighted by Crippen LogP contribution is -2.22. The van der Waals surface area contributed by atoms with Crippen LogP contribution < -0.4 is 15.5 Å². The van der Waals surface area contributed by atoms with E-state index in [4.69, 9.17) is 4.74 Å². The van der Waals surface area contributed by atoms with Crippen molar-refractivity contribution in [2.45, 2.75) is 17.5 Å². The molecule has 0 spiro atoms. The Morgan fingerprint density at radius 2 is 2.07 bits per heavy atom. The summed E-state index contributed by atoms with van der Waals surface area (Å²) < 4.78 is 21.6. The summed E-state index contributed by atoms with van der Waals surface area (Å²) >= 11 is 1.45. The summed E-state index contributed by atoms with van der Waals surface area (Å²) in [6.45, 7) is -0.0233. The van der Waals surface area contributed by atoms with Crippen molar-refractivity contribution in [3.8, 4) is 5.75 Å². The Balaban J connectivity index is 1.79. The number of anilines is 1. The second-order valence-corrected chi connectivity index (χ2v) is 6.93. The smallest absolute Gasteiger partial charge is 0.244 e. The third kappa shape index (κ3) is 4.80. The van der Waals surface area contributed by atoms with Gasteiger partial charge in [-0.05, 0) is 24.3 Å². The molecule has 2 heterocycles. The van der Waals surface area contributed by atoms with E-state index < -0.39 is 0 Å². The topological polar surface area (TPSA) is 78.2 Å². The van der Waals surface area contributed by atoms with Crippen molar-refractivity contribution in [1.82, 2.24) is 14.1 Å². The lowest BCUT2D eigenvalue weighted by atomic mass is 10.3. The molecule has 1 amide bonds. The minimum absolute atomic E-state index is 0.0233. The van der Waals surface area contributed by atoms with Crippen LogP contribution in [0.25, 0.3) is 0 Å². The Morgan fingerprint density at radius 3 is 2.71 bits per heavy atom. The number of aromatic nitrogens is 3. The summed E-state index contributed by atoms with van der Waals surface area (Å²) in [4.78, 5) is 28.8. The standard InChI is InChI=1S/C19H19FN4O3S/c1-23-8-7-21-19(23)28-12-15-9-16(25)17(27-2)10-24(15)11-18(26)22-14-5-3-13(20)4-6-14/h3-10H,11-12H2,1-2H3,(H,22,26). The Kier molecular flexibility index (Phi) is 6.15. The lowest BCUT2D eigenvalue weighted by Gasteiger charge is -2.15. The second-order valence-electron chi connectivity index (χ2n) is 5.99. The molecule has 3 aromatic rings. The molecule has 28 heavy (non-hydrogen) atoms. The number of benzene rings is 1. The van der Waals surface area contributed by atoms with Gasteiger partial charge in [0.25, 0.3) is 0 Å². The van der Waals surface area contributed by atoms with E-state index >= 15 is 0 Å². The fraction of sp³-hybridized carbons (Fsp3) is 0.211. The maximum absolute atomic E-state index is 13.0. The normalized spacial score (nSPS) is 10.7. The number of thioether (sulfide) groups is 1. The third-order valence-corrected chi connectivity index (χ3v) is 5.06. The van der Waals surface area contributed by atoms with Crippen LogP contribution >= 0.6 is 11.8 Å². The number of rotatable bonds is 7. The van der Waals surface area contributed by atoms with E-state index in [1.807, 2.05) is 17.8 Å². The van der Waals surface area contributed by atoms with E-state index in [0.29, 0.717) is 17.1 Å². The minimum Gasteiger partial charge on any atom is -0.491 e. The summed E-state index contributed by atoms with van der Waals surface area (Å²) in [6.07, 6.45) is 5.04. The molecule has 1 N–H and O–H groups in total. The summed E-state index contributed by atoms with van der Waals surface area (Å²) in [5, 5.41) is 3.50. The number of halogens is 1. The maximum atomic E-state index is 13.0. The molecule has 0 atom stereocenters. The van der Waals surface area contributed by atoms with Crippen LogP contribution in [-0.2, 0) is 24.1 Å². The quantitative estimate of drug-likeness (QED) is 0.615. The Morgan fingerprint density at radius 1 is 1.32 bits per heavy atom. The number of amides is 1. The molecule has 0 saturated carbocycles. The van der Waals surface area contributed by atoms with Crippen LogP contribution in [0.1, 0.15) is 5.69 Å². The van der Waals surface area contributed by atoms with E-state index in [-0.39, 0.29) is 29.4 Å².